The van der Waals surface area contributed by atoms with Crippen LogP contribution in [-0.4, -0.2) is 0 Å². The molecule has 0 saturated carbocycles. The first kappa shape index (κ1) is 44.0. The monoisotopic (exact) mass is 170 g/mol. The second-order valence-corrected chi connectivity index (χ2v) is 1.51. The van der Waals surface area contributed by atoms with E-state index in [1.54, 1.807) is 0 Å². The molecule has 11 heavy (non-hydrogen) atoms. The first-order valence-electron chi connectivity index (χ1n) is 2.81. The summed E-state index contributed by atoms with van der Waals surface area (Å²) in [6.45, 7) is 4.78. The van der Waals surface area contributed by atoms with Crippen LogP contribution in [0.1, 0.15) is 73.1 Å². The van der Waals surface area contributed by atoms with Gasteiger partial charge in [-0.2, -0.15) is 0 Å². The van der Waals surface area contributed by atoms with Gasteiger partial charge in [0, 0.05) is 1.37 Å². The Morgan fingerprint density at radius 2 is 1.27 bits per heavy atom. The Morgan fingerprint density at radius 3 is 1.27 bits per heavy atom. The summed E-state index contributed by atoms with van der Waals surface area (Å²) in [7, 11) is 0. The summed E-state index contributed by atoms with van der Waals surface area (Å²) < 4.78 is 6.81. The van der Waals surface area contributed by atoms with Gasteiger partial charge in [0.05, 0.1) is 0 Å². The van der Waals surface area contributed by atoms with E-state index >= 15 is 0 Å². The Balaban J connectivity index is -0.00000000833. The largest absolute Gasteiger partial charge is 0.0776 e. The maximum Gasteiger partial charge on any atom is 0.0233 e. The first-order chi connectivity index (χ1) is 2.81. The predicted octanol–water partition coefficient (Wildman–Crippen LogP) is 5.87. The molecular formula is C11H36. The summed E-state index contributed by atoms with van der Waals surface area (Å²) in [5.41, 5.74) is 0. The average molecular weight is 170 g/mol. The summed E-state index contributed by atoms with van der Waals surface area (Å²) in [5, 5.41) is 0. The van der Waals surface area contributed by atoms with Gasteiger partial charge in [0.15, 0.2) is 0 Å². The topological polar surface area (TPSA) is 0 Å². The molecule has 0 aliphatic carbocycles. The summed E-state index contributed by atoms with van der Waals surface area (Å²) in [6.07, 6.45) is 1.14. The number of hydrogen-bond donors (Lipinski definition) is 0. The van der Waals surface area contributed by atoms with Gasteiger partial charge in [-0.05, 0) is 5.92 Å². The van der Waals surface area contributed by atoms with E-state index in [1.807, 2.05) is 0 Å². The van der Waals surface area contributed by atoms with Gasteiger partial charge in [-0.25, -0.2) is 0 Å². The fourth-order valence-corrected chi connectivity index (χ4v) is 0. The molecule has 0 N–H and O–H groups in total. The van der Waals surface area contributed by atoms with Gasteiger partial charge >= 0.3 is 0 Å². The van der Waals surface area contributed by atoms with Crippen molar-refractivity contribution in [1.29, 1.82) is 0 Å². The maximum absolute atomic E-state index is 6.81. The van der Waals surface area contributed by atoms with Crippen molar-refractivity contribution >= 4 is 0 Å². The van der Waals surface area contributed by atoms with Crippen LogP contribution >= 0.6 is 0 Å². The standard InChI is InChI=1S/C5H12.6CH4/c1-4-5(2)3;;;;;;/h5H,4H2,1-3H3;6*1H4/i2T;;;;;;. The first-order valence-corrected chi connectivity index (χ1v) is 2.10. The van der Waals surface area contributed by atoms with E-state index in [4.69, 9.17) is 1.37 Å². The minimum atomic E-state index is 0. The molecule has 0 radical (unpaired) electrons. The molecule has 0 spiro atoms. The third-order valence-corrected chi connectivity index (χ3v) is 0.697. The molecule has 0 aliphatic heterocycles. The molecule has 0 amide bonds. The maximum atomic E-state index is 6.81. The van der Waals surface area contributed by atoms with Gasteiger partial charge in [0.2, 0.25) is 0 Å². The zero-order chi connectivity index (χ0) is 4.99. The second kappa shape index (κ2) is 50.6. The summed E-state index contributed by atoms with van der Waals surface area (Å²) >= 11 is 0. The molecule has 0 aromatic heterocycles. The molecule has 1 atom stereocenters. The predicted molar refractivity (Wildman–Crippen MR) is 65.5 cm³/mol. The van der Waals surface area contributed by atoms with E-state index < -0.39 is 0 Å². The van der Waals surface area contributed by atoms with Crippen molar-refractivity contribution < 1.29 is 1.37 Å². The molecule has 0 fully saturated rings. The van der Waals surface area contributed by atoms with Crippen molar-refractivity contribution in [2.45, 2.75) is 71.7 Å². The Bertz CT molecular complexity index is 24.2. The summed E-state index contributed by atoms with van der Waals surface area (Å²) in [5.74, 6) is 0.602. The molecule has 0 heterocycles. The normalized spacial score (nSPS) is 8.00. The molecule has 0 heteroatoms. The molecule has 80 valence electrons. The third kappa shape index (κ3) is 160. The zero-order valence-corrected chi connectivity index (χ0v) is 3.99. The van der Waals surface area contributed by atoms with Crippen LogP contribution in [0.3, 0.4) is 0 Å². The molecule has 0 nitrogen and oxygen atoms in total. The van der Waals surface area contributed by atoms with E-state index in [1.165, 1.54) is 0 Å². The smallest absolute Gasteiger partial charge is 0.0233 e. The van der Waals surface area contributed by atoms with E-state index in [-0.39, 0.29) is 44.6 Å². The lowest BCUT2D eigenvalue weighted by atomic mass is 10.2. The molecule has 0 rings (SSSR count). The van der Waals surface area contributed by atoms with Crippen LogP contribution in [0.4, 0.5) is 0 Å². The molecule has 0 aromatic rings. The number of rotatable bonds is 1. The Kier molecular flexibility index (Phi) is 202. The van der Waals surface area contributed by atoms with Crippen molar-refractivity contribution in [2.75, 3.05) is 0 Å². The molecule has 0 saturated heterocycles. The summed E-state index contributed by atoms with van der Waals surface area (Å²) in [6, 6.07) is 0. The average Bonchev–Trinajstić information content (AvgIpc) is 1.65. The van der Waals surface area contributed by atoms with E-state index in [2.05, 4.69) is 13.8 Å². The van der Waals surface area contributed by atoms with Gasteiger partial charge in [0.25, 0.3) is 0 Å². The zero-order valence-electron chi connectivity index (χ0n) is 4.99. The van der Waals surface area contributed by atoms with Gasteiger partial charge in [-0.3, -0.25) is 0 Å². The van der Waals surface area contributed by atoms with Crippen LogP contribution in [0.25, 0.3) is 0 Å². The minimum absolute atomic E-state index is 0. The van der Waals surface area contributed by atoms with Gasteiger partial charge in [0.1, 0.15) is 0 Å². The van der Waals surface area contributed by atoms with Crippen LogP contribution in [0.2, 0.25) is 0 Å². The van der Waals surface area contributed by atoms with Crippen LogP contribution in [0.5, 0.6) is 0 Å². The van der Waals surface area contributed by atoms with E-state index in [0.717, 1.165) is 6.42 Å². The highest BCUT2D eigenvalue weighted by Crippen LogP contribution is 1.93. The van der Waals surface area contributed by atoms with Crippen molar-refractivity contribution in [2.24, 2.45) is 5.92 Å². The highest BCUT2D eigenvalue weighted by molar-refractivity contribution is 4.32. The van der Waals surface area contributed by atoms with Crippen LogP contribution in [0, 0.1) is 5.92 Å². The second-order valence-electron chi connectivity index (χ2n) is 1.51. The van der Waals surface area contributed by atoms with Crippen molar-refractivity contribution in [3.8, 4) is 0 Å². The fraction of sp³-hybridized carbons (Fsp3) is 1.00. The minimum Gasteiger partial charge on any atom is -0.0776 e. The highest BCUT2D eigenvalue weighted by atomic mass is 13.9. The lowest BCUT2D eigenvalue weighted by Gasteiger charge is -1.90. The van der Waals surface area contributed by atoms with E-state index in [0.29, 0.717) is 12.8 Å². The quantitative estimate of drug-likeness (QED) is 0.462. The van der Waals surface area contributed by atoms with Gasteiger partial charge < -0.3 is 0 Å². The molecule has 1 unspecified atom stereocenters. The third-order valence-electron chi connectivity index (χ3n) is 0.697. The fourth-order valence-electron chi connectivity index (χ4n) is 0. The van der Waals surface area contributed by atoms with Crippen LogP contribution < -0.4 is 0 Å². The lowest BCUT2D eigenvalue weighted by Crippen LogP contribution is -1.77. The Morgan fingerprint density at radius 1 is 1.00 bits per heavy atom. The van der Waals surface area contributed by atoms with Crippen molar-refractivity contribution in [3.05, 3.63) is 0 Å². The van der Waals surface area contributed by atoms with Crippen LogP contribution in [0.15, 0.2) is 0 Å². The van der Waals surface area contributed by atoms with E-state index in [9.17, 15) is 0 Å². The Labute approximate surface area is 79.8 Å². The number of hydrogen-bond acceptors (Lipinski definition) is 0. The van der Waals surface area contributed by atoms with Gasteiger partial charge in [-0.1, -0.05) is 71.7 Å². The molecule has 0 aromatic carbocycles. The lowest BCUT2D eigenvalue weighted by molar-refractivity contribution is 0.626. The van der Waals surface area contributed by atoms with Crippen molar-refractivity contribution in [1.82, 2.24) is 0 Å². The summed E-state index contributed by atoms with van der Waals surface area (Å²) in [4.78, 5) is 0. The highest BCUT2D eigenvalue weighted by Gasteiger charge is 1.80. The molecular weight excluding hydrogens is 132 g/mol. The molecule has 0 aliphatic rings. The Hall–Kier alpha value is 0. The SMILES string of the molecule is C.C.C.C.C.C.[3H]CC(C)CC. The van der Waals surface area contributed by atoms with Crippen molar-refractivity contribution in [3.63, 3.8) is 0 Å². The van der Waals surface area contributed by atoms with Gasteiger partial charge in [-0.15, -0.1) is 0 Å². The molecule has 0 bridgehead atoms. The van der Waals surface area contributed by atoms with Crippen LogP contribution in [-0.2, 0) is 0 Å².